The summed E-state index contributed by atoms with van der Waals surface area (Å²) in [6.45, 7) is 3.82. The van der Waals surface area contributed by atoms with E-state index < -0.39 is 5.91 Å². The SMILES string of the molecule is CC(=NNC(=O)C(=Cc1cccs1)NC(=O)c1ccccc1)c1ccc(C)cc1. The Kier molecular flexibility index (Phi) is 6.71. The second-order valence-corrected chi connectivity index (χ2v) is 7.38. The Morgan fingerprint density at radius 1 is 0.931 bits per heavy atom. The number of nitrogens with zero attached hydrogens (tertiary/aromatic N) is 1. The highest BCUT2D eigenvalue weighted by atomic mass is 32.1. The number of hydrogen-bond donors (Lipinski definition) is 2. The number of aryl methyl sites for hydroxylation is 1. The fourth-order valence-corrected chi connectivity index (χ4v) is 3.17. The van der Waals surface area contributed by atoms with E-state index in [9.17, 15) is 9.59 Å². The standard InChI is InChI=1S/C23H21N3O2S/c1-16-10-12-18(13-11-16)17(2)25-26-23(28)21(15-20-9-6-14-29-20)24-22(27)19-7-4-3-5-8-19/h3-15H,1-2H3,(H,24,27)(H,26,28). The van der Waals surface area contributed by atoms with Gasteiger partial charge in [0.15, 0.2) is 0 Å². The van der Waals surface area contributed by atoms with E-state index in [0.29, 0.717) is 11.3 Å². The second kappa shape index (κ2) is 9.61. The third-order valence-electron chi connectivity index (χ3n) is 4.15. The molecule has 0 aliphatic heterocycles. The maximum atomic E-state index is 12.7. The fourth-order valence-electron chi connectivity index (χ4n) is 2.51. The lowest BCUT2D eigenvalue weighted by Crippen LogP contribution is -2.33. The summed E-state index contributed by atoms with van der Waals surface area (Å²) in [5, 5.41) is 8.78. The Bertz CT molecular complexity index is 1040. The van der Waals surface area contributed by atoms with Crippen LogP contribution in [-0.4, -0.2) is 17.5 Å². The van der Waals surface area contributed by atoms with Gasteiger partial charge in [-0.3, -0.25) is 9.59 Å². The molecule has 0 fully saturated rings. The van der Waals surface area contributed by atoms with Gasteiger partial charge in [-0.05, 0) is 49.1 Å². The van der Waals surface area contributed by atoms with Crippen molar-refractivity contribution in [3.63, 3.8) is 0 Å². The molecule has 29 heavy (non-hydrogen) atoms. The monoisotopic (exact) mass is 403 g/mol. The molecule has 2 aromatic carbocycles. The van der Waals surface area contributed by atoms with Crippen LogP contribution >= 0.6 is 11.3 Å². The maximum Gasteiger partial charge on any atom is 0.287 e. The molecule has 3 aromatic rings. The van der Waals surface area contributed by atoms with E-state index in [1.807, 2.05) is 61.7 Å². The minimum Gasteiger partial charge on any atom is -0.317 e. The number of benzene rings is 2. The van der Waals surface area contributed by atoms with Gasteiger partial charge < -0.3 is 5.32 Å². The summed E-state index contributed by atoms with van der Waals surface area (Å²) in [5.74, 6) is -0.850. The summed E-state index contributed by atoms with van der Waals surface area (Å²) in [6, 6.07) is 20.4. The van der Waals surface area contributed by atoms with Gasteiger partial charge in [0, 0.05) is 10.4 Å². The predicted octanol–water partition coefficient (Wildman–Crippen LogP) is 4.37. The van der Waals surface area contributed by atoms with E-state index in [4.69, 9.17) is 0 Å². The molecule has 0 radical (unpaired) electrons. The zero-order valence-electron chi connectivity index (χ0n) is 16.2. The molecule has 2 amide bonds. The molecule has 0 bridgehead atoms. The lowest BCUT2D eigenvalue weighted by molar-refractivity contribution is -0.117. The number of rotatable bonds is 6. The first-order valence-electron chi connectivity index (χ1n) is 9.06. The molecule has 0 aliphatic carbocycles. The third kappa shape index (κ3) is 5.73. The molecule has 6 heteroatoms. The minimum absolute atomic E-state index is 0.127. The van der Waals surface area contributed by atoms with Gasteiger partial charge in [0.1, 0.15) is 5.70 Å². The number of carbonyl (C=O) groups excluding carboxylic acids is 2. The van der Waals surface area contributed by atoms with Crippen LogP contribution in [0.4, 0.5) is 0 Å². The fraction of sp³-hybridized carbons (Fsp3) is 0.0870. The van der Waals surface area contributed by atoms with Crippen LogP contribution in [0.2, 0.25) is 0 Å². The molecular formula is C23H21N3O2S. The Morgan fingerprint density at radius 3 is 2.31 bits per heavy atom. The van der Waals surface area contributed by atoms with E-state index >= 15 is 0 Å². The number of thiophene rings is 1. The largest absolute Gasteiger partial charge is 0.317 e. The summed E-state index contributed by atoms with van der Waals surface area (Å²) in [7, 11) is 0. The van der Waals surface area contributed by atoms with Gasteiger partial charge in [-0.2, -0.15) is 5.10 Å². The average molecular weight is 404 g/mol. The van der Waals surface area contributed by atoms with Gasteiger partial charge in [0.2, 0.25) is 0 Å². The normalized spacial score (nSPS) is 11.8. The topological polar surface area (TPSA) is 70.6 Å². The summed E-state index contributed by atoms with van der Waals surface area (Å²) < 4.78 is 0. The van der Waals surface area contributed by atoms with Crippen LogP contribution in [0.15, 0.2) is 82.9 Å². The van der Waals surface area contributed by atoms with Crippen molar-refractivity contribution in [1.82, 2.24) is 10.7 Å². The van der Waals surface area contributed by atoms with Crippen molar-refractivity contribution in [2.24, 2.45) is 5.10 Å². The first-order chi connectivity index (χ1) is 14.0. The van der Waals surface area contributed by atoms with Crippen LogP contribution in [0.5, 0.6) is 0 Å². The molecular weight excluding hydrogens is 382 g/mol. The van der Waals surface area contributed by atoms with Crippen molar-refractivity contribution in [3.05, 3.63) is 99.4 Å². The molecule has 0 saturated carbocycles. The smallest absolute Gasteiger partial charge is 0.287 e. The van der Waals surface area contributed by atoms with Crippen molar-refractivity contribution < 1.29 is 9.59 Å². The number of carbonyl (C=O) groups is 2. The molecule has 0 aliphatic rings. The second-order valence-electron chi connectivity index (χ2n) is 6.40. The first kappa shape index (κ1) is 20.2. The van der Waals surface area contributed by atoms with Gasteiger partial charge in [-0.15, -0.1) is 11.3 Å². The molecule has 0 atom stereocenters. The summed E-state index contributed by atoms with van der Waals surface area (Å²) in [5.41, 5.74) is 5.86. The van der Waals surface area contributed by atoms with Crippen LogP contribution in [0.3, 0.4) is 0 Å². The highest BCUT2D eigenvalue weighted by Crippen LogP contribution is 2.13. The molecule has 1 aromatic heterocycles. The van der Waals surface area contributed by atoms with Crippen LogP contribution < -0.4 is 10.7 Å². The lowest BCUT2D eigenvalue weighted by Gasteiger charge is -2.09. The zero-order valence-corrected chi connectivity index (χ0v) is 17.0. The number of amides is 2. The number of hydrazone groups is 1. The van der Waals surface area contributed by atoms with Crippen LogP contribution in [0, 0.1) is 6.92 Å². The molecule has 0 spiro atoms. The molecule has 0 unspecified atom stereocenters. The number of hydrogen-bond acceptors (Lipinski definition) is 4. The average Bonchev–Trinajstić information content (AvgIpc) is 3.25. The quantitative estimate of drug-likeness (QED) is 0.365. The molecule has 3 rings (SSSR count). The zero-order chi connectivity index (χ0) is 20.6. The molecule has 1 heterocycles. The van der Waals surface area contributed by atoms with Gasteiger partial charge in [0.05, 0.1) is 5.71 Å². The Morgan fingerprint density at radius 2 is 1.66 bits per heavy atom. The van der Waals surface area contributed by atoms with Gasteiger partial charge >= 0.3 is 0 Å². The lowest BCUT2D eigenvalue weighted by atomic mass is 10.1. The van der Waals surface area contributed by atoms with Gasteiger partial charge in [-0.1, -0.05) is 54.1 Å². The molecule has 5 nitrogen and oxygen atoms in total. The van der Waals surface area contributed by atoms with Crippen molar-refractivity contribution in [2.75, 3.05) is 0 Å². The summed E-state index contributed by atoms with van der Waals surface area (Å²) >= 11 is 1.47. The van der Waals surface area contributed by atoms with E-state index in [0.717, 1.165) is 16.0 Å². The molecule has 146 valence electrons. The van der Waals surface area contributed by atoms with Crippen LogP contribution in [-0.2, 0) is 4.79 Å². The molecule has 0 saturated heterocycles. The molecule has 2 N–H and O–H groups in total. The van der Waals surface area contributed by atoms with Crippen molar-refractivity contribution in [3.8, 4) is 0 Å². The van der Waals surface area contributed by atoms with Crippen LogP contribution in [0.25, 0.3) is 6.08 Å². The van der Waals surface area contributed by atoms with E-state index in [2.05, 4.69) is 15.8 Å². The highest BCUT2D eigenvalue weighted by molar-refractivity contribution is 7.10. The van der Waals surface area contributed by atoms with Crippen LogP contribution in [0.1, 0.15) is 33.3 Å². The predicted molar refractivity (Wildman–Crippen MR) is 118 cm³/mol. The minimum atomic E-state index is -0.492. The number of nitrogens with one attached hydrogen (secondary N) is 2. The van der Waals surface area contributed by atoms with E-state index in [1.165, 1.54) is 11.3 Å². The Balaban J connectivity index is 1.78. The summed E-state index contributed by atoms with van der Waals surface area (Å²) in [4.78, 5) is 26.1. The summed E-state index contributed by atoms with van der Waals surface area (Å²) in [6.07, 6.45) is 1.64. The maximum absolute atomic E-state index is 12.7. The van der Waals surface area contributed by atoms with Gasteiger partial charge in [0.25, 0.3) is 11.8 Å². The Hall–Kier alpha value is -3.51. The Labute approximate surface area is 173 Å². The van der Waals surface area contributed by atoms with Crippen molar-refractivity contribution >= 4 is 34.9 Å². The van der Waals surface area contributed by atoms with Gasteiger partial charge in [-0.25, -0.2) is 5.43 Å². The van der Waals surface area contributed by atoms with E-state index in [-0.39, 0.29) is 11.6 Å². The van der Waals surface area contributed by atoms with E-state index in [1.54, 1.807) is 30.3 Å². The van der Waals surface area contributed by atoms with Crippen molar-refractivity contribution in [2.45, 2.75) is 13.8 Å². The third-order valence-corrected chi connectivity index (χ3v) is 4.97. The van der Waals surface area contributed by atoms with Crippen molar-refractivity contribution in [1.29, 1.82) is 0 Å². The first-order valence-corrected chi connectivity index (χ1v) is 9.94. The highest BCUT2D eigenvalue weighted by Gasteiger charge is 2.14.